The van der Waals surface area contributed by atoms with Gasteiger partial charge in [0.15, 0.2) is 0 Å². The van der Waals surface area contributed by atoms with E-state index in [9.17, 15) is 0 Å². The highest BCUT2D eigenvalue weighted by Gasteiger charge is 2.09. The Bertz CT molecular complexity index is 299. The van der Waals surface area contributed by atoms with Crippen molar-refractivity contribution in [3.8, 4) is 0 Å². The second-order valence-electron chi connectivity index (χ2n) is 2.64. The van der Waals surface area contributed by atoms with Crippen molar-refractivity contribution in [3.05, 3.63) is 36.5 Å². The maximum Gasteiger partial charge on any atom is 0.488 e. The predicted octanol–water partition coefficient (Wildman–Crippen LogP) is 0.312. The maximum atomic E-state index is 8.88. The van der Waals surface area contributed by atoms with Gasteiger partial charge in [0, 0.05) is 5.69 Å². The first-order valence-corrected chi connectivity index (χ1v) is 4.08. The molecule has 0 bridgehead atoms. The second-order valence-corrected chi connectivity index (χ2v) is 2.64. The molecule has 0 unspecified atom stereocenters. The molecule has 0 heterocycles. The van der Waals surface area contributed by atoms with E-state index in [0.29, 0.717) is 5.46 Å². The fourth-order valence-electron chi connectivity index (χ4n) is 0.969. The van der Waals surface area contributed by atoms with E-state index < -0.39 is 7.12 Å². The fourth-order valence-corrected chi connectivity index (χ4v) is 0.969. The summed E-state index contributed by atoms with van der Waals surface area (Å²) in [5.74, 6) is 0. The quantitative estimate of drug-likeness (QED) is 0.582. The molecule has 1 rings (SSSR count). The van der Waals surface area contributed by atoms with Crippen molar-refractivity contribution >= 4 is 18.3 Å². The summed E-state index contributed by atoms with van der Waals surface area (Å²) in [7, 11) is -1.41. The van der Waals surface area contributed by atoms with Crippen molar-refractivity contribution < 1.29 is 10.0 Å². The summed E-state index contributed by atoms with van der Waals surface area (Å²) in [6, 6.07) is 6.96. The molecule has 4 heteroatoms. The Balaban J connectivity index is 2.79. The van der Waals surface area contributed by atoms with E-state index in [-0.39, 0.29) is 0 Å². The standard InChI is InChI=1S/C9H12BNO2/c1-2-6-11-9-5-3-4-8(7-9)10(12)13/h2-7,11-13H,1H3. The lowest BCUT2D eigenvalue weighted by Gasteiger charge is -2.03. The smallest absolute Gasteiger partial charge is 0.423 e. The van der Waals surface area contributed by atoms with Gasteiger partial charge in [0.1, 0.15) is 0 Å². The highest BCUT2D eigenvalue weighted by atomic mass is 16.4. The van der Waals surface area contributed by atoms with E-state index in [1.165, 1.54) is 0 Å². The Labute approximate surface area is 77.9 Å². The Morgan fingerprint density at radius 2 is 2.15 bits per heavy atom. The lowest BCUT2D eigenvalue weighted by molar-refractivity contribution is 0.426. The first-order chi connectivity index (χ1) is 6.24. The van der Waals surface area contributed by atoms with Crippen LogP contribution in [0.2, 0.25) is 0 Å². The van der Waals surface area contributed by atoms with Gasteiger partial charge in [0.25, 0.3) is 0 Å². The molecule has 0 saturated carbocycles. The molecule has 0 spiro atoms. The van der Waals surface area contributed by atoms with Crippen LogP contribution in [-0.2, 0) is 0 Å². The van der Waals surface area contributed by atoms with E-state index in [1.54, 1.807) is 24.4 Å². The Morgan fingerprint density at radius 1 is 1.38 bits per heavy atom. The van der Waals surface area contributed by atoms with Gasteiger partial charge in [-0.2, -0.15) is 0 Å². The van der Waals surface area contributed by atoms with Crippen molar-refractivity contribution in [1.82, 2.24) is 0 Å². The highest BCUT2D eigenvalue weighted by molar-refractivity contribution is 6.58. The van der Waals surface area contributed by atoms with Crippen LogP contribution < -0.4 is 10.8 Å². The molecule has 0 aromatic heterocycles. The van der Waals surface area contributed by atoms with Crippen LogP contribution in [-0.4, -0.2) is 17.2 Å². The normalized spacial score (nSPS) is 10.4. The lowest BCUT2D eigenvalue weighted by Crippen LogP contribution is -2.29. The first-order valence-electron chi connectivity index (χ1n) is 4.08. The summed E-state index contributed by atoms with van der Waals surface area (Å²) >= 11 is 0. The zero-order valence-electron chi connectivity index (χ0n) is 7.44. The van der Waals surface area contributed by atoms with Gasteiger partial charge in [-0.25, -0.2) is 0 Å². The minimum Gasteiger partial charge on any atom is -0.423 e. The average molecular weight is 177 g/mol. The van der Waals surface area contributed by atoms with Gasteiger partial charge in [0.05, 0.1) is 0 Å². The minimum absolute atomic E-state index is 0.481. The van der Waals surface area contributed by atoms with Gasteiger partial charge in [-0.3, -0.25) is 0 Å². The number of hydrogen-bond donors (Lipinski definition) is 3. The van der Waals surface area contributed by atoms with Crippen molar-refractivity contribution in [3.63, 3.8) is 0 Å². The number of benzene rings is 1. The maximum absolute atomic E-state index is 8.88. The average Bonchev–Trinajstić information content (AvgIpc) is 2.15. The zero-order valence-corrected chi connectivity index (χ0v) is 7.44. The third kappa shape index (κ3) is 2.93. The van der Waals surface area contributed by atoms with Crippen LogP contribution in [0.15, 0.2) is 36.5 Å². The zero-order chi connectivity index (χ0) is 9.68. The molecule has 0 radical (unpaired) electrons. The van der Waals surface area contributed by atoms with Gasteiger partial charge in [0.2, 0.25) is 0 Å². The molecule has 0 saturated heterocycles. The SMILES string of the molecule is CC=CNc1cccc(B(O)O)c1. The Hall–Kier alpha value is -1.26. The molecule has 0 aliphatic carbocycles. The Morgan fingerprint density at radius 3 is 2.77 bits per heavy atom. The molecule has 0 atom stereocenters. The van der Waals surface area contributed by atoms with Crippen LogP contribution >= 0.6 is 0 Å². The van der Waals surface area contributed by atoms with Crippen LogP contribution in [0.5, 0.6) is 0 Å². The van der Waals surface area contributed by atoms with Crippen LogP contribution in [0.3, 0.4) is 0 Å². The molecule has 3 N–H and O–H groups in total. The van der Waals surface area contributed by atoms with E-state index in [4.69, 9.17) is 10.0 Å². The topological polar surface area (TPSA) is 52.5 Å². The van der Waals surface area contributed by atoms with E-state index in [1.807, 2.05) is 19.1 Å². The van der Waals surface area contributed by atoms with Crippen molar-refractivity contribution in [2.24, 2.45) is 0 Å². The molecule has 68 valence electrons. The number of anilines is 1. The molecule has 0 fully saturated rings. The highest BCUT2D eigenvalue weighted by Crippen LogP contribution is 2.03. The number of hydrogen-bond acceptors (Lipinski definition) is 3. The lowest BCUT2D eigenvalue weighted by atomic mass is 9.80. The summed E-state index contributed by atoms with van der Waals surface area (Å²) in [6.07, 6.45) is 3.64. The summed E-state index contributed by atoms with van der Waals surface area (Å²) in [6.45, 7) is 1.90. The van der Waals surface area contributed by atoms with E-state index in [2.05, 4.69) is 5.32 Å². The third-order valence-corrected chi connectivity index (χ3v) is 1.60. The van der Waals surface area contributed by atoms with Gasteiger partial charge < -0.3 is 15.4 Å². The third-order valence-electron chi connectivity index (χ3n) is 1.60. The van der Waals surface area contributed by atoms with E-state index in [0.717, 1.165) is 5.69 Å². The molecule has 1 aromatic carbocycles. The minimum atomic E-state index is -1.41. The molecule has 0 aliphatic heterocycles. The van der Waals surface area contributed by atoms with Crippen LogP contribution in [0, 0.1) is 0 Å². The first kappa shape index (κ1) is 9.83. The molecule has 13 heavy (non-hydrogen) atoms. The molecule has 0 aliphatic rings. The molecule has 0 amide bonds. The summed E-state index contributed by atoms with van der Waals surface area (Å²) in [4.78, 5) is 0. The molecular formula is C9H12BNO2. The summed E-state index contributed by atoms with van der Waals surface area (Å²) in [5.41, 5.74) is 1.32. The van der Waals surface area contributed by atoms with Crippen LogP contribution in [0.1, 0.15) is 6.92 Å². The second kappa shape index (κ2) is 4.69. The Kier molecular flexibility index (Phi) is 3.55. The number of allylic oxidation sites excluding steroid dienone is 1. The van der Waals surface area contributed by atoms with Crippen molar-refractivity contribution in [1.29, 1.82) is 0 Å². The summed E-state index contributed by atoms with van der Waals surface area (Å²) in [5, 5.41) is 20.8. The monoisotopic (exact) mass is 177 g/mol. The molecule has 3 nitrogen and oxygen atoms in total. The number of rotatable bonds is 3. The van der Waals surface area contributed by atoms with Gasteiger partial charge >= 0.3 is 7.12 Å². The van der Waals surface area contributed by atoms with Crippen molar-refractivity contribution in [2.75, 3.05) is 5.32 Å². The fraction of sp³-hybridized carbons (Fsp3) is 0.111. The molecular weight excluding hydrogens is 165 g/mol. The van der Waals surface area contributed by atoms with Crippen LogP contribution in [0.4, 0.5) is 5.69 Å². The largest absolute Gasteiger partial charge is 0.488 e. The van der Waals surface area contributed by atoms with Gasteiger partial charge in [-0.15, -0.1) is 0 Å². The predicted molar refractivity (Wildman–Crippen MR) is 54.7 cm³/mol. The number of nitrogens with one attached hydrogen (secondary N) is 1. The van der Waals surface area contributed by atoms with E-state index >= 15 is 0 Å². The van der Waals surface area contributed by atoms with Gasteiger partial charge in [-0.1, -0.05) is 18.2 Å². The van der Waals surface area contributed by atoms with Crippen molar-refractivity contribution in [2.45, 2.75) is 6.92 Å². The molecule has 1 aromatic rings. The van der Waals surface area contributed by atoms with Gasteiger partial charge in [-0.05, 0) is 30.7 Å². The van der Waals surface area contributed by atoms with Crippen LogP contribution in [0.25, 0.3) is 0 Å². The summed E-state index contributed by atoms with van der Waals surface area (Å²) < 4.78 is 0.